The van der Waals surface area contributed by atoms with Crippen molar-refractivity contribution in [1.82, 2.24) is 20.2 Å². The first-order valence-electron chi connectivity index (χ1n) is 4.40. The SMILES string of the molecule is OCC(O)Cn1nnc(-c2cccs2)n1. The average Bonchev–Trinajstić information content (AvgIpc) is 2.85. The van der Waals surface area contributed by atoms with Crippen LogP contribution in [-0.2, 0) is 6.54 Å². The molecule has 15 heavy (non-hydrogen) atoms. The van der Waals surface area contributed by atoms with Gasteiger partial charge >= 0.3 is 0 Å². The van der Waals surface area contributed by atoms with Gasteiger partial charge in [0, 0.05) is 0 Å². The Morgan fingerprint density at radius 2 is 2.40 bits per heavy atom. The van der Waals surface area contributed by atoms with Crippen molar-refractivity contribution in [2.75, 3.05) is 6.61 Å². The highest BCUT2D eigenvalue weighted by atomic mass is 32.1. The van der Waals surface area contributed by atoms with Gasteiger partial charge < -0.3 is 10.2 Å². The summed E-state index contributed by atoms with van der Waals surface area (Å²) >= 11 is 1.52. The molecule has 0 aliphatic carbocycles. The van der Waals surface area contributed by atoms with Crippen molar-refractivity contribution < 1.29 is 10.2 Å². The number of thiophene rings is 1. The van der Waals surface area contributed by atoms with Gasteiger partial charge in [-0.05, 0) is 16.7 Å². The molecule has 0 saturated heterocycles. The quantitative estimate of drug-likeness (QED) is 0.751. The number of nitrogens with zero attached hydrogens (tertiary/aromatic N) is 4. The Hall–Kier alpha value is -1.31. The zero-order valence-electron chi connectivity index (χ0n) is 7.82. The van der Waals surface area contributed by atoms with Crippen molar-refractivity contribution in [1.29, 1.82) is 0 Å². The van der Waals surface area contributed by atoms with E-state index >= 15 is 0 Å². The summed E-state index contributed by atoms with van der Waals surface area (Å²) in [4.78, 5) is 2.20. The molecule has 0 amide bonds. The molecule has 0 radical (unpaired) electrons. The standard InChI is InChI=1S/C8H10N4O2S/c13-5-6(14)4-12-10-8(9-11-12)7-2-1-3-15-7/h1-3,6,13-14H,4-5H2. The number of rotatable bonds is 4. The molecule has 2 rings (SSSR count). The molecule has 80 valence electrons. The third kappa shape index (κ3) is 2.38. The number of hydrogen-bond acceptors (Lipinski definition) is 6. The molecule has 7 heteroatoms. The van der Waals surface area contributed by atoms with E-state index in [1.165, 1.54) is 16.1 Å². The molecule has 1 atom stereocenters. The van der Waals surface area contributed by atoms with Crippen LogP contribution in [0.4, 0.5) is 0 Å². The minimum atomic E-state index is -0.851. The van der Waals surface area contributed by atoms with Crippen LogP contribution in [-0.4, -0.2) is 43.1 Å². The zero-order chi connectivity index (χ0) is 10.7. The van der Waals surface area contributed by atoms with Gasteiger partial charge in [-0.1, -0.05) is 6.07 Å². The first kappa shape index (κ1) is 10.2. The van der Waals surface area contributed by atoms with Gasteiger partial charge in [-0.3, -0.25) is 0 Å². The second kappa shape index (κ2) is 4.47. The summed E-state index contributed by atoms with van der Waals surface area (Å²) in [6.07, 6.45) is -0.851. The predicted molar refractivity (Wildman–Crippen MR) is 54.2 cm³/mol. The van der Waals surface area contributed by atoms with Crippen LogP contribution < -0.4 is 0 Å². The Bertz CT molecular complexity index is 414. The van der Waals surface area contributed by atoms with E-state index in [1.807, 2.05) is 17.5 Å². The molecule has 2 aromatic rings. The summed E-state index contributed by atoms with van der Waals surface area (Å²) in [6, 6.07) is 3.80. The maximum absolute atomic E-state index is 9.18. The number of aliphatic hydroxyl groups excluding tert-OH is 2. The van der Waals surface area contributed by atoms with Crippen LogP contribution in [0.2, 0.25) is 0 Å². The first-order valence-corrected chi connectivity index (χ1v) is 5.28. The zero-order valence-corrected chi connectivity index (χ0v) is 8.63. The van der Waals surface area contributed by atoms with Crippen molar-refractivity contribution >= 4 is 11.3 Å². The Kier molecular flexibility index (Phi) is 3.05. The molecular weight excluding hydrogens is 216 g/mol. The van der Waals surface area contributed by atoms with Crippen molar-refractivity contribution in [3.63, 3.8) is 0 Å². The minimum absolute atomic E-state index is 0.148. The largest absolute Gasteiger partial charge is 0.394 e. The van der Waals surface area contributed by atoms with E-state index in [1.54, 1.807) is 0 Å². The summed E-state index contributed by atoms with van der Waals surface area (Å²) in [7, 11) is 0. The van der Waals surface area contributed by atoms with Gasteiger partial charge in [0.05, 0.1) is 24.1 Å². The maximum atomic E-state index is 9.18. The number of tetrazole rings is 1. The second-order valence-electron chi connectivity index (χ2n) is 2.98. The average molecular weight is 226 g/mol. The van der Waals surface area contributed by atoms with Crippen LogP contribution in [0.5, 0.6) is 0 Å². The molecule has 0 aromatic carbocycles. The molecule has 0 fully saturated rings. The molecular formula is C8H10N4O2S. The van der Waals surface area contributed by atoms with E-state index in [2.05, 4.69) is 15.4 Å². The molecule has 0 saturated carbocycles. The minimum Gasteiger partial charge on any atom is -0.394 e. The van der Waals surface area contributed by atoms with Gasteiger partial charge in [0.25, 0.3) is 0 Å². The molecule has 2 aromatic heterocycles. The van der Waals surface area contributed by atoms with E-state index in [0.717, 1.165) is 4.88 Å². The van der Waals surface area contributed by atoms with E-state index < -0.39 is 6.10 Å². The van der Waals surface area contributed by atoms with Gasteiger partial charge in [-0.2, -0.15) is 4.80 Å². The summed E-state index contributed by atoms with van der Waals surface area (Å²) in [5, 5.41) is 31.4. The summed E-state index contributed by atoms with van der Waals surface area (Å²) in [6.45, 7) is -0.162. The fraction of sp³-hybridized carbons (Fsp3) is 0.375. The Morgan fingerprint density at radius 3 is 3.07 bits per heavy atom. The number of aromatic nitrogens is 4. The molecule has 2 heterocycles. The molecule has 2 N–H and O–H groups in total. The van der Waals surface area contributed by atoms with Crippen LogP contribution in [0.3, 0.4) is 0 Å². The van der Waals surface area contributed by atoms with Crippen LogP contribution in [0.1, 0.15) is 0 Å². The molecule has 0 spiro atoms. The lowest BCUT2D eigenvalue weighted by molar-refractivity contribution is 0.0742. The van der Waals surface area contributed by atoms with Gasteiger partial charge in [0.2, 0.25) is 5.82 Å². The van der Waals surface area contributed by atoms with Gasteiger partial charge in [0.15, 0.2) is 0 Å². The molecule has 0 aliphatic rings. The highest BCUT2D eigenvalue weighted by molar-refractivity contribution is 7.13. The number of aliphatic hydroxyl groups is 2. The van der Waals surface area contributed by atoms with Gasteiger partial charge in [-0.25, -0.2) is 0 Å². The topological polar surface area (TPSA) is 84.1 Å². The van der Waals surface area contributed by atoms with Crippen LogP contribution in [0.25, 0.3) is 10.7 Å². The monoisotopic (exact) mass is 226 g/mol. The predicted octanol–water partition coefficient (Wildman–Crippen LogP) is -0.245. The van der Waals surface area contributed by atoms with E-state index in [4.69, 9.17) is 5.11 Å². The Balaban J connectivity index is 2.11. The van der Waals surface area contributed by atoms with E-state index in [-0.39, 0.29) is 13.2 Å². The lowest BCUT2D eigenvalue weighted by Crippen LogP contribution is -2.21. The Morgan fingerprint density at radius 1 is 1.53 bits per heavy atom. The fourth-order valence-corrected chi connectivity index (χ4v) is 1.72. The second-order valence-corrected chi connectivity index (χ2v) is 3.93. The highest BCUT2D eigenvalue weighted by Gasteiger charge is 2.09. The highest BCUT2D eigenvalue weighted by Crippen LogP contribution is 2.19. The number of hydrogen-bond donors (Lipinski definition) is 2. The van der Waals surface area contributed by atoms with Gasteiger partial charge in [0.1, 0.15) is 0 Å². The third-order valence-corrected chi connectivity index (χ3v) is 2.65. The molecule has 0 aliphatic heterocycles. The van der Waals surface area contributed by atoms with Crippen LogP contribution in [0, 0.1) is 0 Å². The lowest BCUT2D eigenvalue weighted by Gasteiger charge is -2.03. The summed E-state index contributed by atoms with van der Waals surface area (Å²) in [5.74, 6) is 0.537. The molecule has 6 nitrogen and oxygen atoms in total. The van der Waals surface area contributed by atoms with Crippen molar-refractivity contribution in [3.8, 4) is 10.7 Å². The molecule has 0 bridgehead atoms. The van der Waals surface area contributed by atoms with Crippen molar-refractivity contribution in [2.45, 2.75) is 12.6 Å². The normalized spacial score (nSPS) is 12.9. The maximum Gasteiger partial charge on any atom is 0.214 e. The van der Waals surface area contributed by atoms with Crippen molar-refractivity contribution in [2.24, 2.45) is 0 Å². The summed E-state index contributed by atoms with van der Waals surface area (Å²) in [5.41, 5.74) is 0. The lowest BCUT2D eigenvalue weighted by atomic mass is 10.4. The van der Waals surface area contributed by atoms with Crippen LogP contribution >= 0.6 is 11.3 Å². The van der Waals surface area contributed by atoms with Crippen molar-refractivity contribution in [3.05, 3.63) is 17.5 Å². The summed E-state index contributed by atoms with van der Waals surface area (Å²) < 4.78 is 0. The smallest absolute Gasteiger partial charge is 0.214 e. The third-order valence-electron chi connectivity index (χ3n) is 1.78. The first-order chi connectivity index (χ1) is 7.29. The van der Waals surface area contributed by atoms with Crippen LogP contribution in [0.15, 0.2) is 17.5 Å². The fourth-order valence-electron chi connectivity index (χ4n) is 1.07. The molecule has 1 unspecified atom stereocenters. The Labute approximate surface area is 89.8 Å². The van der Waals surface area contributed by atoms with E-state index in [0.29, 0.717) is 5.82 Å². The van der Waals surface area contributed by atoms with Gasteiger partial charge in [-0.15, -0.1) is 21.5 Å². The van der Waals surface area contributed by atoms with E-state index in [9.17, 15) is 5.11 Å².